The highest BCUT2D eigenvalue weighted by Crippen LogP contribution is 2.42. The first-order chi connectivity index (χ1) is 17.0. The number of piperidine rings is 1. The lowest BCUT2D eigenvalue weighted by Crippen LogP contribution is -2.36. The minimum atomic E-state index is -0.470. The van der Waals surface area contributed by atoms with E-state index in [2.05, 4.69) is 62.8 Å². The molecule has 3 rings (SSSR count). The smallest absolute Gasteiger partial charge is 0.407 e. The van der Waals surface area contributed by atoms with Gasteiger partial charge in [-0.1, -0.05) is 41.5 Å². The van der Waals surface area contributed by atoms with Crippen LogP contribution in [0.3, 0.4) is 0 Å². The van der Waals surface area contributed by atoms with Gasteiger partial charge in [0.25, 0.3) is 0 Å². The van der Waals surface area contributed by atoms with Crippen LogP contribution in [0.15, 0.2) is 17.2 Å². The third-order valence-corrected chi connectivity index (χ3v) is 7.72. The highest BCUT2D eigenvalue weighted by atomic mass is 32.2. The molecule has 1 aromatic carbocycles. The van der Waals surface area contributed by atoms with E-state index in [4.69, 9.17) is 4.74 Å². The molecule has 208 valence electrons. The molecule has 1 aliphatic rings. The molecule has 0 radical (unpaired) electrons. The number of nitrogens with one attached hydrogen (secondary N) is 2. The number of rotatable bonds is 7. The number of carbonyl (C=O) groups excluding carboxylic acids is 1. The van der Waals surface area contributed by atoms with Crippen molar-refractivity contribution in [1.29, 1.82) is 0 Å². The summed E-state index contributed by atoms with van der Waals surface area (Å²) in [6, 6.07) is 3.96. The van der Waals surface area contributed by atoms with E-state index in [-0.39, 0.29) is 16.3 Å². The number of H-pyrrole nitrogens is 1. The predicted octanol–water partition coefficient (Wildman–Crippen LogP) is 7.48. The summed E-state index contributed by atoms with van der Waals surface area (Å²) in [6.45, 7) is 22.6. The summed E-state index contributed by atoms with van der Waals surface area (Å²) in [4.78, 5) is 18.1. The van der Waals surface area contributed by atoms with Gasteiger partial charge in [-0.05, 0) is 88.6 Å². The molecule has 37 heavy (non-hydrogen) atoms. The van der Waals surface area contributed by atoms with Crippen molar-refractivity contribution in [2.75, 3.05) is 19.6 Å². The molecule has 0 saturated carbocycles. The fourth-order valence-electron chi connectivity index (χ4n) is 4.95. The maximum atomic E-state index is 11.9. The Balaban J connectivity index is 1.68. The van der Waals surface area contributed by atoms with Gasteiger partial charge in [0.2, 0.25) is 0 Å². The van der Waals surface area contributed by atoms with Crippen LogP contribution >= 0.6 is 11.8 Å². The van der Waals surface area contributed by atoms with Crippen LogP contribution < -0.4 is 5.32 Å². The number of ether oxygens (including phenoxy) is 1. The number of benzene rings is 1. The first kappa shape index (κ1) is 29.7. The quantitative estimate of drug-likeness (QED) is 0.323. The number of fused-ring (bicyclic) bond motifs is 1. The highest BCUT2D eigenvalue weighted by molar-refractivity contribution is 8.00. The van der Waals surface area contributed by atoms with E-state index in [1.807, 2.05) is 38.6 Å². The highest BCUT2D eigenvalue weighted by Gasteiger charge is 2.26. The first-order valence-electron chi connectivity index (χ1n) is 13.7. The molecule has 2 heterocycles. The van der Waals surface area contributed by atoms with Crippen molar-refractivity contribution < 1.29 is 14.6 Å². The number of hydrogen-bond donors (Lipinski definition) is 3. The molecule has 1 saturated heterocycles. The van der Waals surface area contributed by atoms with Gasteiger partial charge in [-0.15, -0.1) is 11.8 Å². The Morgan fingerprint density at radius 3 is 2.30 bits per heavy atom. The van der Waals surface area contributed by atoms with Gasteiger partial charge >= 0.3 is 6.09 Å². The lowest BCUT2D eigenvalue weighted by molar-refractivity contribution is 0.0522. The summed E-state index contributed by atoms with van der Waals surface area (Å²) < 4.78 is 5.43. The number of phenols is 1. The molecule has 0 bridgehead atoms. The van der Waals surface area contributed by atoms with Crippen LogP contribution in [-0.4, -0.2) is 51.1 Å². The minimum absolute atomic E-state index is 0.0932. The van der Waals surface area contributed by atoms with Gasteiger partial charge in [-0.25, -0.2) is 4.79 Å². The number of amides is 1. The van der Waals surface area contributed by atoms with Gasteiger partial charge < -0.3 is 20.1 Å². The van der Waals surface area contributed by atoms with Gasteiger partial charge in [-0.2, -0.15) is 0 Å². The number of alkyl carbamates (subject to hydrolysis) is 1. The van der Waals surface area contributed by atoms with Gasteiger partial charge in [0, 0.05) is 28.8 Å². The van der Waals surface area contributed by atoms with Crippen LogP contribution in [0, 0.1) is 11.3 Å². The lowest BCUT2D eigenvalue weighted by Gasteiger charge is -2.32. The van der Waals surface area contributed by atoms with Crippen LogP contribution in [0.25, 0.3) is 10.9 Å². The third kappa shape index (κ3) is 9.13. The normalized spacial score (nSPS) is 16.4. The monoisotopic (exact) mass is 531 g/mol. The standard InChI is InChI=1S/C30H49N3O3S/c1-28(2,3)18-22-21-10-11-24(34)23(25(21)32-26(22)37-30(7,8)9)19-33-16-13-20(14-17-33)12-15-31-27(35)36-29(4,5)6/h10-11,20,32,34H,12-19H2,1-9H3,(H,31,35). The van der Waals surface area contributed by atoms with E-state index in [0.717, 1.165) is 56.4 Å². The van der Waals surface area contributed by atoms with Gasteiger partial charge in [0.1, 0.15) is 11.4 Å². The zero-order chi connectivity index (χ0) is 27.6. The molecule has 7 heteroatoms. The molecular weight excluding hydrogens is 482 g/mol. The molecule has 6 nitrogen and oxygen atoms in total. The Kier molecular flexibility index (Phi) is 9.22. The fourth-order valence-corrected chi connectivity index (χ4v) is 6.02. The maximum absolute atomic E-state index is 11.9. The number of aromatic nitrogens is 1. The van der Waals surface area contributed by atoms with Crippen molar-refractivity contribution in [1.82, 2.24) is 15.2 Å². The number of likely N-dealkylation sites (tertiary alicyclic amines) is 1. The molecule has 1 aliphatic heterocycles. The van der Waals surface area contributed by atoms with Gasteiger partial charge in [0.05, 0.1) is 10.5 Å². The van der Waals surface area contributed by atoms with E-state index in [0.29, 0.717) is 18.2 Å². The summed E-state index contributed by atoms with van der Waals surface area (Å²) >= 11 is 1.88. The Bertz CT molecular complexity index is 1060. The number of aromatic amines is 1. The summed E-state index contributed by atoms with van der Waals surface area (Å²) in [7, 11) is 0. The third-order valence-electron chi connectivity index (χ3n) is 6.55. The molecule has 0 unspecified atom stereocenters. The van der Waals surface area contributed by atoms with Crippen molar-refractivity contribution >= 4 is 28.8 Å². The van der Waals surface area contributed by atoms with E-state index in [1.54, 1.807) is 0 Å². The lowest BCUT2D eigenvalue weighted by atomic mass is 9.88. The summed E-state index contributed by atoms with van der Waals surface area (Å²) in [6.07, 6.45) is 3.80. The second kappa shape index (κ2) is 11.5. The molecule has 1 aromatic heterocycles. The van der Waals surface area contributed by atoms with Crippen LogP contribution in [0.1, 0.15) is 92.7 Å². The molecule has 1 amide bonds. The van der Waals surface area contributed by atoms with Crippen LogP contribution in [0.4, 0.5) is 4.79 Å². The predicted molar refractivity (Wildman–Crippen MR) is 156 cm³/mol. The van der Waals surface area contributed by atoms with E-state index in [1.165, 1.54) is 16.0 Å². The average molecular weight is 532 g/mol. The summed E-state index contributed by atoms with van der Waals surface area (Å²) in [5.41, 5.74) is 3.14. The number of hydrogen-bond acceptors (Lipinski definition) is 5. The van der Waals surface area contributed by atoms with Crippen molar-refractivity contribution in [3.8, 4) is 5.75 Å². The van der Waals surface area contributed by atoms with Crippen molar-refractivity contribution in [2.45, 2.75) is 110 Å². The Morgan fingerprint density at radius 1 is 1.08 bits per heavy atom. The van der Waals surface area contributed by atoms with Crippen molar-refractivity contribution in [3.05, 3.63) is 23.3 Å². The Morgan fingerprint density at radius 2 is 1.73 bits per heavy atom. The molecule has 0 atom stereocenters. The topological polar surface area (TPSA) is 77.6 Å². The fraction of sp³-hybridized carbons (Fsp3) is 0.700. The second-order valence-corrected chi connectivity index (χ2v) is 15.6. The van der Waals surface area contributed by atoms with Gasteiger partial charge in [-0.3, -0.25) is 4.90 Å². The largest absolute Gasteiger partial charge is 0.508 e. The molecule has 0 aliphatic carbocycles. The number of thioether (sulfide) groups is 1. The molecule has 3 N–H and O–H groups in total. The summed E-state index contributed by atoms with van der Waals surface area (Å²) in [5.74, 6) is 0.960. The maximum Gasteiger partial charge on any atom is 0.407 e. The number of nitrogens with zero attached hydrogens (tertiary/aromatic N) is 1. The van der Waals surface area contributed by atoms with Gasteiger partial charge in [0.15, 0.2) is 0 Å². The van der Waals surface area contributed by atoms with Crippen LogP contribution in [0.5, 0.6) is 5.75 Å². The van der Waals surface area contributed by atoms with Crippen LogP contribution in [-0.2, 0) is 17.7 Å². The molecule has 0 spiro atoms. The zero-order valence-corrected chi connectivity index (χ0v) is 25.3. The van der Waals surface area contributed by atoms with E-state index >= 15 is 0 Å². The molecular formula is C30H49N3O3S. The molecule has 2 aromatic rings. The SMILES string of the molecule is CC(C)(C)Cc1c(SC(C)(C)C)[nH]c2c(CN3CCC(CCNC(=O)OC(C)(C)C)CC3)c(O)ccc12. The second-order valence-electron chi connectivity index (χ2n) is 13.8. The zero-order valence-electron chi connectivity index (χ0n) is 24.5. The van der Waals surface area contributed by atoms with E-state index < -0.39 is 5.60 Å². The number of phenolic OH excluding ortho intramolecular Hbond substituents is 1. The Labute approximate surface area is 228 Å². The minimum Gasteiger partial charge on any atom is -0.508 e. The Hall–Kier alpha value is -1.86. The van der Waals surface area contributed by atoms with Crippen molar-refractivity contribution in [3.63, 3.8) is 0 Å². The average Bonchev–Trinajstić information content (AvgIpc) is 3.04. The summed E-state index contributed by atoms with van der Waals surface area (Å²) in [5, 5.41) is 16.2. The number of aromatic hydroxyl groups is 1. The van der Waals surface area contributed by atoms with Crippen molar-refractivity contribution in [2.24, 2.45) is 11.3 Å². The number of carbonyl (C=O) groups is 1. The first-order valence-corrected chi connectivity index (χ1v) is 14.6. The van der Waals surface area contributed by atoms with E-state index in [9.17, 15) is 9.90 Å². The van der Waals surface area contributed by atoms with Crippen LogP contribution in [0.2, 0.25) is 0 Å². The molecule has 1 fully saturated rings.